The summed E-state index contributed by atoms with van der Waals surface area (Å²) in [7, 11) is 0. The quantitative estimate of drug-likeness (QED) is 0.598. The molecule has 1 N–H and O–H groups in total. The number of aryl methyl sites for hydroxylation is 1. The van der Waals surface area contributed by atoms with E-state index in [9.17, 15) is 4.79 Å². The Labute approximate surface area is 156 Å². The van der Waals surface area contributed by atoms with E-state index in [0.717, 1.165) is 43.8 Å². The molecule has 4 heteroatoms. The van der Waals surface area contributed by atoms with Crippen molar-refractivity contribution in [3.05, 3.63) is 59.7 Å². The van der Waals surface area contributed by atoms with Gasteiger partial charge in [0.25, 0.3) is 5.91 Å². The van der Waals surface area contributed by atoms with Gasteiger partial charge in [0.05, 0.1) is 13.2 Å². The van der Waals surface area contributed by atoms with Crippen LogP contribution in [0.4, 0.5) is 0 Å². The smallest absolute Gasteiger partial charge is 0.251 e. The molecule has 2 rings (SSSR count). The fourth-order valence-electron chi connectivity index (χ4n) is 2.57. The van der Waals surface area contributed by atoms with Crippen LogP contribution >= 0.6 is 0 Å². The van der Waals surface area contributed by atoms with Crippen LogP contribution in [0.5, 0.6) is 11.5 Å². The molecule has 0 fully saturated rings. The summed E-state index contributed by atoms with van der Waals surface area (Å²) in [6.07, 6.45) is 3.71. The van der Waals surface area contributed by atoms with Crippen molar-refractivity contribution in [2.24, 2.45) is 0 Å². The lowest BCUT2D eigenvalue weighted by atomic mass is 10.1. The fraction of sp³-hybridized carbons (Fsp3) is 0.409. The fourth-order valence-corrected chi connectivity index (χ4v) is 2.57. The molecule has 2 aromatic carbocycles. The minimum Gasteiger partial charge on any atom is -0.494 e. The van der Waals surface area contributed by atoms with Crippen molar-refractivity contribution in [3.8, 4) is 11.5 Å². The molecule has 0 saturated carbocycles. The maximum absolute atomic E-state index is 12.2. The number of carbonyl (C=O) groups is 1. The van der Waals surface area contributed by atoms with E-state index in [1.807, 2.05) is 30.3 Å². The predicted octanol–water partition coefficient (Wildman–Crippen LogP) is 4.63. The third-order valence-corrected chi connectivity index (χ3v) is 3.93. The zero-order valence-electron chi connectivity index (χ0n) is 15.8. The highest BCUT2D eigenvalue weighted by atomic mass is 16.5. The van der Waals surface area contributed by atoms with Crippen molar-refractivity contribution < 1.29 is 14.3 Å². The lowest BCUT2D eigenvalue weighted by molar-refractivity contribution is 0.0953. The van der Waals surface area contributed by atoms with Crippen molar-refractivity contribution in [1.29, 1.82) is 0 Å². The van der Waals surface area contributed by atoms with Crippen LogP contribution in [0.25, 0.3) is 0 Å². The van der Waals surface area contributed by atoms with Crippen LogP contribution in [0.15, 0.2) is 48.5 Å². The Morgan fingerprint density at radius 3 is 2.35 bits per heavy atom. The molecular weight excluding hydrogens is 326 g/mol. The normalized spacial score (nSPS) is 10.4. The highest BCUT2D eigenvalue weighted by Gasteiger charge is 2.06. The second-order valence-corrected chi connectivity index (χ2v) is 6.19. The Hall–Kier alpha value is -2.49. The van der Waals surface area contributed by atoms with Crippen molar-refractivity contribution in [2.45, 2.75) is 39.5 Å². The van der Waals surface area contributed by atoms with Gasteiger partial charge in [-0.05, 0) is 61.6 Å². The van der Waals surface area contributed by atoms with Gasteiger partial charge < -0.3 is 14.8 Å². The molecule has 4 nitrogen and oxygen atoms in total. The predicted molar refractivity (Wildman–Crippen MR) is 105 cm³/mol. The van der Waals surface area contributed by atoms with Gasteiger partial charge in [0.2, 0.25) is 0 Å². The number of nitrogens with one attached hydrogen (secondary N) is 1. The van der Waals surface area contributed by atoms with E-state index >= 15 is 0 Å². The zero-order valence-corrected chi connectivity index (χ0v) is 15.8. The molecule has 0 heterocycles. The molecule has 0 aliphatic carbocycles. The van der Waals surface area contributed by atoms with Gasteiger partial charge in [-0.15, -0.1) is 0 Å². The number of rotatable bonds is 11. The summed E-state index contributed by atoms with van der Waals surface area (Å²) in [6.45, 7) is 6.21. The van der Waals surface area contributed by atoms with Gasteiger partial charge in [-0.1, -0.05) is 32.0 Å². The molecule has 2 aromatic rings. The van der Waals surface area contributed by atoms with E-state index in [1.165, 1.54) is 5.56 Å². The molecule has 140 valence electrons. The first-order chi connectivity index (χ1) is 12.7. The summed E-state index contributed by atoms with van der Waals surface area (Å²) in [5.74, 6) is 1.69. The van der Waals surface area contributed by atoms with E-state index < -0.39 is 0 Å². The molecule has 0 aliphatic heterocycles. The maximum Gasteiger partial charge on any atom is 0.251 e. The van der Waals surface area contributed by atoms with Crippen LogP contribution in [-0.4, -0.2) is 25.7 Å². The van der Waals surface area contributed by atoms with Crippen LogP contribution in [0, 0.1) is 0 Å². The summed E-state index contributed by atoms with van der Waals surface area (Å²) in [5.41, 5.74) is 1.84. The van der Waals surface area contributed by atoms with Gasteiger partial charge in [0, 0.05) is 12.1 Å². The molecule has 0 spiro atoms. The van der Waals surface area contributed by atoms with Gasteiger partial charge in [-0.2, -0.15) is 0 Å². The molecule has 26 heavy (non-hydrogen) atoms. The number of ether oxygens (including phenoxy) is 2. The largest absolute Gasteiger partial charge is 0.494 e. The van der Waals surface area contributed by atoms with Gasteiger partial charge in [0.1, 0.15) is 11.5 Å². The van der Waals surface area contributed by atoms with E-state index in [1.54, 1.807) is 12.1 Å². The third kappa shape index (κ3) is 6.43. The molecule has 0 aromatic heterocycles. The molecule has 0 saturated heterocycles. The SMILES string of the molecule is CCCOc1ccc(C(=O)NCCCc2ccccc2OCCC)cc1. The number of benzene rings is 2. The number of hydrogen-bond donors (Lipinski definition) is 1. The van der Waals surface area contributed by atoms with Crippen molar-refractivity contribution in [3.63, 3.8) is 0 Å². The van der Waals surface area contributed by atoms with Crippen molar-refractivity contribution >= 4 is 5.91 Å². The number of hydrogen-bond acceptors (Lipinski definition) is 3. The zero-order chi connectivity index (χ0) is 18.6. The molecule has 0 radical (unpaired) electrons. The van der Waals surface area contributed by atoms with E-state index in [-0.39, 0.29) is 5.91 Å². The van der Waals surface area contributed by atoms with Crippen LogP contribution in [0.2, 0.25) is 0 Å². The first-order valence-corrected chi connectivity index (χ1v) is 9.46. The molecule has 0 unspecified atom stereocenters. The van der Waals surface area contributed by atoms with Crippen molar-refractivity contribution in [2.75, 3.05) is 19.8 Å². The second-order valence-electron chi connectivity index (χ2n) is 6.19. The highest BCUT2D eigenvalue weighted by molar-refractivity contribution is 5.94. The summed E-state index contributed by atoms with van der Waals surface area (Å²) in [6, 6.07) is 15.4. The number of carbonyl (C=O) groups excluding carboxylic acids is 1. The van der Waals surface area contributed by atoms with Crippen LogP contribution in [0.1, 0.15) is 49.0 Å². The molecule has 0 aliphatic rings. The Morgan fingerprint density at radius 1 is 0.923 bits per heavy atom. The van der Waals surface area contributed by atoms with Gasteiger partial charge in [-0.25, -0.2) is 0 Å². The molecule has 0 atom stereocenters. The van der Waals surface area contributed by atoms with Crippen LogP contribution in [-0.2, 0) is 6.42 Å². The summed E-state index contributed by atoms with van der Waals surface area (Å²) in [5, 5.41) is 2.97. The first-order valence-electron chi connectivity index (χ1n) is 9.46. The summed E-state index contributed by atoms with van der Waals surface area (Å²) in [4.78, 5) is 12.2. The monoisotopic (exact) mass is 355 g/mol. The third-order valence-electron chi connectivity index (χ3n) is 3.93. The van der Waals surface area contributed by atoms with Gasteiger partial charge in [0.15, 0.2) is 0 Å². The Kier molecular flexibility index (Phi) is 8.53. The number of para-hydroxylation sites is 1. The Balaban J connectivity index is 1.76. The van der Waals surface area contributed by atoms with Crippen molar-refractivity contribution in [1.82, 2.24) is 5.32 Å². The van der Waals surface area contributed by atoms with E-state index in [4.69, 9.17) is 9.47 Å². The minimum absolute atomic E-state index is 0.0532. The standard InChI is InChI=1S/C22H29NO3/c1-3-16-25-20-13-11-19(12-14-20)22(24)23-15-7-9-18-8-5-6-10-21(18)26-17-4-2/h5-6,8,10-14H,3-4,7,9,15-17H2,1-2H3,(H,23,24). The first kappa shape index (κ1) is 19.8. The average Bonchev–Trinajstić information content (AvgIpc) is 2.69. The average molecular weight is 355 g/mol. The Bertz CT molecular complexity index is 667. The molecule has 1 amide bonds. The molecular formula is C22H29NO3. The number of amides is 1. The lowest BCUT2D eigenvalue weighted by Gasteiger charge is -2.11. The van der Waals surface area contributed by atoms with Crippen LogP contribution < -0.4 is 14.8 Å². The maximum atomic E-state index is 12.2. The molecule has 0 bridgehead atoms. The Morgan fingerprint density at radius 2 is 1.62 bits per heavy atom. The highest BCUT2D eigenvalue weighted by Crippen LogP contribution is 2.19. The topological polar surface area (TPSA) is 47.6 Å². The minimum atomic E-state index is -0.0532. The second kappa shape index (κ2) is 11.2. The van der Waals surface area contributed by atoms with E-state index in [0.29, 0.717) is 18.7 Å². The van der Waals surface area contributed by atoms with E-state index in [2.05, 4.69) is 25.2 Å². The van der Waals surface area contributed by atoms with Gasteiger partial charge >= 0.3 is 0 Å². The summed E-state index contributed by atoms with van der Waals surface area (Å²) >= 11 is 0. The lowest BCUT2D eigenvalue weighted by Crippen LogP contribution is -2.24. The summed E-state index contributed by atoms with van der Waals surface area (Å²) < 4.78 is 11.3. The van der Waals surface area contributed by atoms with Gasteiger partial charge in [-0.3, -0.25) is 4.79 Å². The van der Waals surface area contributed by atoms with Crippen LogP contribution in [0.3, 0.4) is 0 Å².